The first-order valence-corrected chi connectivity index (χ1v) is 7.86. The van der Waals surface area contributed by atoms with Gasteiger partial charge in [0.1, 0.15) is 0 Å². The Bertz CT molecular complexity index is 253. The van der Waals surface area contributed by atoms with Crippen molar-refractivity contribution >= 4 is 0 Å². The van der Waals surface area contributed by atoms with Crippen molar-refractivity contribution in [3.63, 3.8) is 0 Å². The van der Waals surface area contributed by atoms with E-state index in [1.807, 2.05) is 0 Å². The number of fused-ring (bicyclic) bond motifs is 1. The van der Waals surface area contributed by atoms with Gasteiger partial charge in [-0.15, -0.1) is 0 Å². The summed E-state index contributed by atoms with van der Waals surface area (Å²) in [6.07, 6.45) is 13.1. The van der Waals surface area contributed by atoms with E-state index >= 15 is 0 Å². The second-order valence-electron chi connectivity index (χ2n) is 6.49. The van der Waals surface area contributed by atoms with E-state index in [9.17, 15) is 0 Å². The molecule has 0 spiro atoms. The van der Waals surface area contributed by atoms with Gasteiger partial charge >= 0.3 is 0 Å². The molecule has 2 heteroatoms. The Hall–Kier alpha value is -0.0800. The molecule has 0 aromatic carbocycles. The van der Waals surface area contributed by atoms with Gasteiger partial charge in [0.05, 0.1) is 0 Å². The van der Waals surface area contributed by atoms with Crippen LogP contribution in [0, 0.1) is 11.8 Å². The minimum Gasteiger partial charge on any atom is -0.330 e. The fourth-order valence-electron chi connectivity index (χ4n) is 4.80. The summed E-state index contributed by atoms with van der Waals surface area (Å²) in [7, 11) is 0. The number of hydrogen-bond donors (Lipinski definition) is 1. The zero-order valence-electron chi connectivity index (χ0n) is 11.1. The van der Waals surface area contributed by atoms with E-state index in [-0.39, 0.29) is 0 Å². The van der Waals surface area contributed by atoms with E-state index in [0.717, 1.165) is 30.5 Å². The SMILES string of the molecule is NCC1CCCCC1N1CCCC2CCCC21. The van der Waals surface area contributed by atoms with Crippen LogP contribution < -0.4 is 5.73 Å². The summed E-state index contributed by atoms with van der Waals surface area (Å²) >= 11 is 0. The number of rotatable bonds is 2. The molecule has 0 aromatic rings. The van der Waals surface area contributed by atoms with Crippen LogP contribution in [-0.2, 0) is 0 Å². The molecule has 4 atom stereocenters. The number of nitrogens with zero attached hydrogens (tertiary/aromatic N) is 1. The molecule has 2 nitrogen and oxygen atoms in total. The number of likely N-dealkylation sites (tertiary alicyclic amines) is 1. The summed E-state index contributed by atoms with van der Waals surface area (Å²) in [5.74, 6) is 1.83. The first-order chi connectivity index (χ1) is 8.40. The standard InChI is InChI=1S/C15H28N2/c16-11-13-5-1-2-8-15(13)17-10-4-7-12-6-3-9-14(12)17/h12-15H,1-11,16H2. The Morgan fingerprint density at radius 2 is 1.59 bits per heavy atom. The molecule has 2 saturated carbocycles. The van der Waals surface area contributed by atoms with Gasteiger partial charge < -0.3 is 5.73 Å². The van der Waals surface area contributed by atoms with Crippen LogP contribution in [0.5, 0.6) is 0 Å². The van der Waals surface area contributed by atoms with E-state index in [0.29, 0.717) is 0 Å². The van der Waals surface area contributed by atoms with Crippen molar-refractivity contribution in [2.75, 3.05) is 13.1 Å². The van der Waals surface area contributed by atoms with Gasteiger partial charge in [-0.05, 0) is 63.5 Å². The highest BCUT2D eigenvalue weighted by Gasteiger charge is 2.40. The molecule has 0 bridgehead atoms. The maximum Gasteiger partial charge on any atom is 0.0139 e. The second-order valence-corrected chi connectivity index (χ2v) is 6.49. The molecular weight excluding hydrogens is 208 g/mol. The normalized spacial score (nSPS) is 43.6. The van der Waals surface area contributed by atoms with Crippen molar-refractivity contribution in [2.45, 2.75) is 69.9 Å². The minimum absolute atomic E-state index is 0.795. The molecule has 3 rings (SSSR count). The Kier molecular flexibility index (Phi) is 3.72. The Morgan fingerprint density at radius 3 is 2.47 bits per heavy atom. The van der Waals surface area contributed by atoms with Crippen molar-refractivity contribution in [1.29, 1.82) is 0 Å². The third kappa shape index (κ3) is 2.26. The lowest BCUT2D eigenvalue weighted by atomic mass is 9.80. The Morgan fingerprint density at radius 1 is 0.824 bits per heavy atom. The molecule has 0 radical (unpaired) electrons. The Labute approximate surface area is 106 Å². The highest BCUT2D eigenvalue weighted by molar-refractivity contribution is 4.95. The quantitative estimate of drug-likeness (QED) is 0.799. The topological polar surface area (TPSA) is 29.3 Å². The zero-order chi connectivity index (χ0) is 11.7. The van der Waals surface area contributed by atoms with Gasteiger partial charge in [0.2, 0.25) is 0 Å². The van der Waals surface area contributed by atoms with Gasteiger partial charge in [-0.2, -0.15) is 0 Å². The molecule has 98 valence electrons. The third-order valence-corrected chi connectivity index (χ3v) is 5.63. The van der Waals surface area contributed by atoms with Gasteiger partial charge in [0, 0.05) is 12.1 Å². The lowest BCUT2D eigenvalue weighted by Gasteiger charge is -2.47. The fourth-order valence-corrected chi connectivity index (χ4v) is 4.80. The summed E-state index contributed by atoms with van der Waals surface area (Å²) in [5, 5.41) is 0. The van der Waals surface area contributed by atoms with E-state index in [4.69, 9.17) is 5.73 Å². The summed E-state index contributed by atoms with van der Waals surface area (Å²) in [6, 6.07) is 1.76. The van der Waals surface area contributed by atoms with Crippen LogP contribution in [0.4, 0.5) is 0 Å². The van der Waals surface area contributed by atoms with Gasteiger partial charge in [0.25, 0.3) is 0 Å². The van der Waals surface area contributed by atoms with Crippen LogP contribution in [0.2, 0.25) is 0 Å². The molecule has 0 amide bonds. The zero-order valence-corrected chi connectivity index (χ0v) is 11.1. The molecule has 1 saturated heterocycles. The van der Waals surface area contributed by atoms with Crippen molar-refractivity contribution in [3.8, 4) is 0 Å². The van der Waals surface area contributed by atoms with E-state index < -0.39 is 0 Å². The summed E-state index contributed by atoms with van der Waals surface area (Å²) in [6.45, 7) is 2.28. The predicted octanol–water partition coefficient (Wildman–Crippen LogP) is 2.77. The summed E-state index contributed by atoms with van der Waals surface area (Å²) < 4.78 is 0. The number of nitrogens with two attached hydrogens (primary N) is 1. The molecule has 0 aromatic heterocycles. The molecule has 4 unspecified atom stereocenters. The largest absolute Gasteiger partial charge is 0.330 e. The van der Waals surface area contributed by atoms with Gasteiger partial charge in [-0.3, -0.25) is 4.90 Å². The molecule has 3 fully saturated rings. The second kappa shape index (κ2) is 5.27. The van der Waals surface area contributed by atoms with Gasteiger partial charge in [-0.1, -0.05) is 19.3 Å². The van der Waals surface area contributed by atoms with E-state index in [1.165, 1.54) is 64.3 Å². The molecular formula is C15H28N2. The predicted molar refractivity (Wildman–Crippen MR) is 71.9 cm³/mol. The van der Waals surface area contributed by atoms with Crippen molar-refractivity contribution in [2.24, 2.45) is 17.6 Å². The van der Waals surface area contributed by atoms with Crippen LogP contribution in [-0.4, -0.2) is 30.1 Å². The van der Waals surface area contributed by atoms with E-state index in [1.54, 1.807) is 0 Å². The molecule has 17 heavy (non-hydrogen) atoms. The van der Waals surface area contributed by atoms with Crippen LogP contribution >= 0.6 is 0 Å². The number of piperidine rings is 1. The van der Waals surface area contributed by atoms with Crippen LogP contribution in [0.1, 0.15) is 57.8 Å². The highest BCUT2D eigenvalue weighted by Crippen LogP contribution is 2.41. The molecule has 2 aliphatic carbocycles. The van der Waals surface area contributed by atoms with Crippen molar-refractivity contribution in [3.05, 3.63) is 0 Å². The first kappa shape index (κ1) is 12.0. The summed E-state index contributed by atoms with van der Waals surface area (Å²) in [5.41, 5.74) is 6.01. The van der Waals surface area contributed by atoms with E-state index in [2.05, 4.69) is 4.90 Å². The van der Waals surface area contributed by atoms with Crippen LogP contribution in [0.15, 0.2) is 0 Å². The fraction of sp³-hybridized carbons (Fsp3) is 1.00. The van der Waals surface area contributed by atoms with Gasteiger partial charge in [-0.25, -0.2) is 0 Å². The maximum atomic E-state index is 6.01. The monoisotopic (exact) mass is 236 g/mol. The van der Waals surface area contributed by atoms with Crippen LogP contribution in [0.3, 0.4) is 0 Å². The average molecular weight is 236 g/mol. The molecule has 3 aliphatic rings. The molecule has 2 N–H and O–H groups in total. The molecule has 1 aliphatic heterocycles. The first-order valence-electron chi connectivity index (χ1n) is 7.86. The average Bonchev–Trinajstić information content (AvgIpc) is 2.86. The number of hydrogen-bond acceptors (Lipinski definition) is 2. The lowest BCUT2D eigenvalue weighted by Crippen LogP contribution is -2.53. The molecule has 1 heterocycles. The summed E-state index contributed by atoms with van der Waals surface area (Å²) in [4.78, 5) is 2.90. The maximum absolute atomic E-state index is 6.01. The van der Waals surface area contributed by atoms with Crippen molar-refractivity contribution in [1.82, 2.24) is 4.90 Å². The van der Waals surface area contributed by atoms with Gasteiger partial charge in [0.15, 0.2) is 0 Å². The smallest absolute Gasteiger partial charge is 0.0139 e. The Balaban J connectivity index is 1.72. The minimum atomic E-state index is 0.795. The lowest BCUT2D eigenvalue weighted by molar-refractivity contribution is 0.0227. The third-order valence-electron chi connectivity index (χ3n) is 5.63. The van der Waals surface area contributed by atoms with Crippen molar-refractivity contribution < 1.29 is 0 Å². The highest BCUT2D eigenvalue weighted by atomic mass is 15.2. The van der Waals surface area contributed by atoms with Crippen LogP contribution in [0.25, 0.3) is 0 Å².